The van der Waals surface area contributed by atoms with Crippen molar-refractivity contribution in [3.05, 3.63) is 41.3 Å². The summed E-state index contributed by atoms with van der Waals surface area (Å²) < 4.78 is 11.0. The summed E-state index contributed by atoms with van der Waals surface area (Å²) in [7, 11) is 3.38. The fraction of sp³-hybridized carbons (Fsp3) is 0.368. The SMILES string of the molecule is CCc1c[nH]c2ncnc(N3CCc4c(ccc(OC)c4OC)C3)c12. The standard InChI is InChI=1S/C19H22N4O2/c1-4-12-9-20-18-16(12)19(22-11-21-18)23-8-7-14-13(10-23)5-6-15(24-2)17(14)25-3/h5-6,9,11H,4,7-8,10H2,1-3H3,(H,20,21,22). The second-order valence-corrected chi connectivity index (χ2v) is 6.20. The Morgan fingerprint density at radius 2 is 2.08 bits per heavy atom. The highest BCUT2D eigenvalue weighted by Gasteiger charge is 2.24. The van der Waals surface area contributed by atoms with Crippen LogP contribution in [-0.4, -0.2) is 35.7 Å². The number of aryl methyl sites for hydroxylation is 1. The molecule has 0 spiro atoms. The molecule has 6 heteroatoms. The largest absolute Gasteiger partial charge is 0.493 e. The van der Waals surface area contributed by atoms with Crippen LogP contribution in [0.25, 0.3) is 11.0 Å². The lowest BCUT2D eigenvalue weighted by Gasteiger charge is -2.31. The Morgan fingerprint density at radius 1 is 1.20 bits per heavy atom. The highest BCUT2D eigenvalue weighted by atomic mass is 16.5. The average molecular weight is 338 g/mol. The highest BCUT2D eigenvalue weighted by molar-refractivity contribution is 5.91. The molecule has 4 rings (SSSR count). The first-order valence-corrected chi connectivity index (χ1v) is 8.55. The average Bonchev–Trinajstić information content (AvgIpc) is 3.09. The van der Waals surface area contributed by atoms with E-state index in [4.69, 9.17) is 9.47 Å². The number of ether oxygens (including phenoxy) is 2. The molecule has 1 aliphatic rings. The van der Waals surface area contributed by atoms with Gasteiger partial charge in [0.15, 0.2) is 11.5 Å². The molecule has 130 valence electrons. The van der Waals surface area contributed by atoms with E-state index in [-0.39, 0.29) is 0 Å². The molecule has 0 saturated carbocycles. The molecule has 0 aliphatic carbocycles. The summed E-state index contributed by atoms with van der Waals surface area (Å²) in [5.41, 5.74) is 4.64. The van der Waals surface area contributed by atoms with Gasteiger partial charge in [-0.05, 0) is 30.0 Å². The van der Waals surface area contributed by atoms with Crippen LogP contribution in [0.5, 0.6) is 11.5 Å². The third-order valence-corrected chi connectivity index (χ3v) is 4.95. The molecular weight excluding hydrogens is 316 g/mol. The van der Waals surface area contributed by atoms with E-state index >= 15 is 0 Å². The van der Waals surface area contributed by atoms with Crippen LogP contribution in [0.2, 0.25) is 0 Å². The molecule has 3 aromatic rings. The maximum Gasteiger partial charge on any atom is 0.164 e. The van der Waals surface area contributed by atoms with Crippen LogP contribution < -0.4 is 14.4 Å². The summed E-state index contributed by atoms with van der Waals surface area (Å²) in [5.74, 6) is 2.64. The van der Waals surface area contributed by atoms with Crippen molar-refractivity contribution < 1.29 is 9.47 Å². The van der Waals surface area contributed by atoms with Gasteiger partial charge in [0.1, 0.15) is 17.8 Å². The molecule has 0 radical (unpaired) electrons. The topological polar surface area (TPSA) is 63.3 Å². The first-order chi connectivity index (χ1) is 12.3. The van der Waals surface area contributed by atoms with Crippen LogP contribution in [0.15, 0.2) is 24.7 Å². The van der Waals surface area contributed by atoms with Crippen molar-refractivity contribution in [1.82, 2.24) is 15.0 Å². The number of aromatic amines is 1. The molecule has 3 heterocycles. The normalized spacial score (nSPS) is 13.8. The van der Waals surface area contributed by atoms with Crippen LogP contribution in [0.3, 0.4) is 0 Å². The summed E-state index contributed by atoms with van der Waals surface area (Å²) >= 11 is 0. The number of benzene rings is 1. The van der Waals surface area contributed by atoms with Gasteiger partial charge in [0.05, 0.1) is 19.6 Å². The Labute approximate surface area is 146 Å². The molecular formula is C19H22N4O2. The fourth-order valence-electron chi connectivity index (χ4n) is 3.69. The minimum atomic E-state index is 0.790. The van der Waals surface area contributed by atoms with Gasteiger partial charge in [-0.1, -0.05) is 13.0 Å². The van der Waals surface area contributed by atoms with Crippen molar-refractivity contribution in [2.45, 2.75) is 26.3 Å². The van der Waals surface area contributed by atoms with Crippen LogP contribution in [0.1, 0.15) is 23.6 Å². The maximum absolute atomic E-state index is 5.60. The van der Waals surface area contributed by atoms with Crippen LogP contribution in [0.4, 0.5) is 5.82 Å². The van der Waals surface area contributed by atoms with E-state index in [1.807, 2.05) is 12.3 Å². The van der Waals surface area contributed by atoms with Crippen molar-refractivity contribution in [2.24, 2.45) is 0 Å². The molecule has 0 saturated heterocycles. The zero-order valence-corrected chi connectivity index (χ0v) is 14.8. The molecule has 0 bridgehead atoms. The number of hydrogen-bond donors (Lipinski definition) is 1. The Balaban J connectivity index is 1.75. The Hall–Kier alpha value is -2.76. The van der Waals surface area contributed by atoms with Crippen molar-refractivity contribution in [3.63, 3.8) is 0 Å². The smallest absolute Gasteiger partial charge is 0.164 e. The van der Waals surface area contributed by atoms with Gasteiger partial charge in [0.2, 0.25) is 0 Å². The highest BCUT2D eigenvalue weighted by Crippen LogP contribution is 2.38. The van der Waals surface area contributed by atoms with Gasteiger partial charge < -0.3 is 19.4 Å². The first-order valence-electron chi connectivity index (χ1n) is 8.55. The number of nitrogens with one attached hydrogen (secondary N) is 1. The molecule has 0 amide bonds. The van der Waals surface area contributed by atoms with Gasteiger partial charge in [-0.15, -0.1) is 0 Å². The van der Waals surface area contributed by atoms with Gasteiger partial charge in [0, 0.05) is 24.8 Å². The quantitative estimate of drug-likeness (QED) is 0.792. The Kier molecular flexibility index (Phi) is 3.95. The molecule has 6 nitrogen and oxygen atoms in total. The Morgan fingerprint density at radius 3 is 2.84 bits per heavy atom. The molecule has 0 unspecified atom stereocenters. The monoisotopic (exact) mass is 338 g/mol. The molecule has 1 aromatic carbocycles. The Bertz CT molecular complexity index is 919. The van der Waals surface area contributed by atoms with Crippen LogP contribution >= 0.6 is 0 Å². The summed E-state index contributed by atoms with van der Waals surface area (Å²) in [5, 5.41) is 1.13. The van der Waals surface area contributed by atoms with Crippen molar-refractivity contribution in [2.75, 3.05) is 25.7 Å². The lowest BCUT2D eigenvalue weighted by Crippen LogP contribution is -2.31. The molecule has 1 aliphatic heterocycles. The van der Waals surface area contributed by atoms with Crippen molar-refractivity contribution in [3.8, 4) is 11.5 Å². The minimum absolute atomic E-state index is 0.790. The number of hydrogen-bond acceptors (Lipinski definition) is 5. The first kappa shape index (κ1) is 15.7. The summed E-state index contributed by atoms with van der Waals surface area (Å²) in [6.07, 6.45) is 5.52. The maximum atomic E-state index is 5.60. The number of fused-ring (bicyclic) bond motifs is 2. The van der Waals surface area contributed by atoms with E-state index in [1.54, 1.807) is 20.5 Å². The third kappa shape index (κ3) is 2.49. The third-order valence-electron chi connectivity index (χ3n) is 4.95. The predicted molar refractivity (Wildman–Crippen MR) is 97.6 cm³/mol. The van der Waals surface area contributed by atoms with Gasteiger partial charge in [-0.25, -0.2) is 9.97 Å². The summed E-state index contributed by atoms with van der Waals surface area (Å²) in [6, 6.07) is 4.10. The zero-order valence-electron chi connectivity index (χ0n) is 14.8. The van der Waals surface area contributed by atoms with E-state index < -0.39 is 0 Å². The van der Waals surface area contributed by atoms with Gasteiger partial charge in [-0.3, -0.25) is 0 Å². The van der Waals surface area contributed by atoms with E-state index in [0.29, 0.717) is 0 Å². The number of rotatable bonds is 4. The van der Waals surface area contributed by atoms with E-state index in [0.717, 1.165) is 54.3 Å². The lowest BCUT2D eigenvalue weighted by molar-refractivity contribution is 0.350. The van der Waals surface area contributed by atoms with Crippen molar-refractivity contribution >= 4 is 16.9 Å². The minimum Gasteiger partial charge on any atom is -0.493 e. The lowest BCUT2D eigenvalue weighted by atomic mass is 9.97. The molecule has 2 aromatic heterocycles. The summed E-state index contributed by atoms with van der Waals surface area (Å²) in [4.78, 5) is 14.6. The molecule has 1 N–H and O–H groups in total. The number of methoxy groups -OCH3 is 2. The van der Waals surface area contributed by atoms with Gasteiger partial charge in [-0.2, -0.15) is 0 Å². The number of nitrogens with zero attached hydrogens (tertiary/aromatic N) is 3. The van der Waals surface area contributed by atoms with E-state index in [2.05, 4.69) is 32.8 Å². The number of anilines is 1. The van der Waals surface area contributed by atoms with Gasteiger partial charge >= 0.3 is 0 Å². The molecule has 0 atom stereocenters. The summed E-state index contributed by atoms with van der Waals surface area (Å²) in [6.45, 7) is 3.84. The number of H-pyrrole nitrogens is 1. The second-order valence-electron chi connectivity index (χ2n) is 6.20. The number of aromatic nitrogens is 3. The van der Waals surface area contributed by atoms with Crippen molar-refractivity contribution in [1.29, 1.82) is 0 Å². The van der Waals surface area contributed by atoms with Crippen LogP contribution in [0, 0.1) is 0 Å². The molecule has 0 fully saturated rings. The van der Waals surface area contributed by atoms with E-state index in [9.17, 15) is 0 Å². The van der Waals surface area contributed by atoms with Gasteiger partial charge in [0.25, 0.3) is 0 Å². The predicted octanol–water partition coefficient (Wildman–Crippen LogP) is 3.10. The molecule has 25 heavy (non-hydrogen) atoms. The zero-order chi connectivity index (χ0) is 17.4. The fourth-order valence-corrected chi connectivity index (χ4v) is 3.69. The van der Waals surface area contributed by atoms with E-state index in [1.165, 1.54) is 16.7 Å². The van der Waals surface area contributed by atoms with Crippen LogP contribution in [-0.2, 0) is 19.4 Å². The second kappa shape index (κ2) is 6.27.